The summed E-state index contributed by atoms with van der Waals surface area (Å²) in [4.78, 5) is 12.7. The Kier molecular flexibility index (Phi) is 7.04. The molecule has 0 fully saturated rings. The van der Waals surface area contributed by atoms with Crippen LogP contribution in [-0.4, -0.2) is 27.7 Å². The summed E-state index contributed by atoms with van der Waals surface area (Å²) in [6.45, 7) is 0.317. The lowest BCUT2D eigenvalue weighted by atomic mass is 10.2. The lowest BCUT2D eigenvalue weighted by Gasteiger charge is -2.13. The second-order valence-electron chi connectivity index (χ2n) is 6.69. The maximum atomic E-state index is 12.7. The van der Waals surface area contributed by atoms with Crippen LogP contribution in [0.2, 0.25) is 5.02 Å². The number of carbonyl (C=O) groups excluding carboxylic acids is 1. The highest BCUT2D eigenvalue weighted by molar-refractivity contribution is 7.92. The normalized spacial score (nSPS) is 10.9. The van der Waals surface area contributed by atoms with Crippen LogP contribution in [0.4, 0.5) is 11.4 Å². The van der Waals surface area contributed by atoms with Crippen molar-refractivity contribution in [3.63, 3.8) is 0 Å². The number of ether oxygens (including phenoxy) is 2. The molecule has 3 aromatic carbocycles. The molecule has 2 N–H and O–H groups in total. The first-order valence-electron chi connectivity index (χ1n) is 9.18. The van der Waals surface area contributed by atoms with Crippen LogP contribution < -0.4 is 19.5 Å². The van der Waals surface area contributed by atoms with Gasteiger partial charge in [0.1, 0.15) is 18.1 Å². The van der Waals surface area contributed by atoms with Gasteiger partial charge < -0.3 is 14.8 Å². The van der Waals surface area contributed by atoms with Gasteiger partial charge in [-0.2, -0.15) is 0 Å². The van der Waals surface area contributed by atoms with Gasteiger partial charge in [0, 0.05) is 22.3 Å². The van der Waals surface area contributed by atoms with Gasteiger partial charge in [0.05, 0.1) is 19.1 Å². The third-order valence-electron chi connectivity index (χ3n) is 4.15. The van der Waals surface area contributed by atoms with Crippen LogP contribution in [-0.2, 0) is 16.6 Å². The number of carbonyl (C=O) groups is 1. The quantitative estimate of drug-likeness (QED) is 0.514. The van der Waals surface area contributed by atoms with E-state index in [1.54, 1.807) is 36.4 Å². The number of anilines is 2. The van der Waals surface area contributed by atoms with Gasteiger partial charge in [-0.05, 0) is 48.0 Å². The molecule has 0 aliphatic carbocycles. The standard InChI is InChI=1S/C22H21ClN2O5S/c1-29-21-13-18(9-10-20(21)25-31(2,27)28)24-22(26)16-6-4-8-19(12-16)30-14-15-5-3-7-17(23)11-15/h3-13,25H,14H2,1-2H3,(H,24,26). The van der Waals surface area contributed by atoms with Crippen molar-refractivity contribution in [1.82, 2.24) is 0 Å². The summed E-state index contributed by atoms with van der Waals surface area (Å²) in [7, 11) is -2.05. The first-order chi connectivity index (χ1) is 14.7. The van der Waals surface area contributed by atoms with E-state index >= 15 is 0 Å². The summed E-state index contributed by atoms with van der Waals surface area (Å²) in [5.41, 5.74) is 2.05. The molecular weight excluding hydrogens is 440 g/mol. The Morgan fingerprint density at radius 3 is 2.52 bits per heavy atom. The molecule has 3 aromatic rings. The van der Waals surface area contributed by atoms with Crippen LogP contribution in [0.3, 0.4) is 0 Å². The molecule has 0 heterocycles. The topological polar surface area (TPSA) is 93.7 Å². The van der Waals surface area contributed by atoms with E-state index in [0.717, 1.165) is 11.8 Å². The second kappa shape index (κ2) is 9.72. The third-order valence-corrected chi connectivity index (χ3v) is 4.97. The Morgan fingerprint density at radius 1 is 1.03 bits per heavy atom. The average Bonchev–Trinajstić information content (AvgIpc) is 2.72. The number of sulfonamides is 1. The predicted octanol–water partition coefficient (Wildman–Crippen LogP) is 4.55. The lowest BCUT2D eigenvalue weighted by molar-refractivity contribution is 0.102. The maximum Gasteiger partial charge on any atom is 0.255 e. The zero-order valence-electron chi connectivity index (χ0n) is 16.9. The van der Waals surface area contributed by atoms with Crippen LogP contribution in [0.25, 0.3) is 0 Å². The van der Waals surface area contributed by atoms with Gasteiger partial charge in [-0.15, -0.1) is 0 Å². The maximum absolute atomic E-state index is 12.7. The number of benzene rings is 3. The van der Waals surface area contributed by atoms with Gasteiger partial charge in [-0.1, -0.05) is 29.8 Å². The van der Waals surface area contributed by atoms with E-state index in [1.165, 1.54) is 19.2 Å². The van der Waals surface area contributed by atoms with Crippen molar-refractivity contribution in [2.45, 2.75) is 6.61 Å². The molecule has 0 radical (unpaired) electrons. The molecule has 0 saturated carbocycles. The highest BCUT2D eigenvalue weighted by Gasteiger charge is 2.12. The van der Waals surface area contributed by atoms with Crippen molar-refractivity contribution in [3.05, 3.63) is 82.9 Å². The molecule has 0 unspecified atom stereocenters. The number of nitrogens with one attached hydrogen (secondary N) is 2. The minimum atomic E-state index is -3.46. The van der Waals surface area contributed by atoms with E-state index in [2.05, 4.69) is 10.0 Å². The molecular formula is C22H21ClN2O5S. The smallest absolute Gasteiger partial charge is 0.255 e. The minimum absolute atomic E-state index is 0.277. The van der Waals surface area contributed by atoms with E-state index in [4.69, 9.17) is 21.1 Å². The van der Waals surface area contributed by atoms with Gasteiger partial charge in [0.2, 0.25) is 10.0 Å². The monoisotopic (exact) mass is 460 g/mol. The molecule has 0 aromatic heterocycles. The SMILES string of the molecule is COc1cc(NC(=O)c2cccc(OCc3cccc(Cl)c3)c2)ccc1NS(C)(=O)=O. The first-order valence-corrected chi connectivity index (χ1v) is 11.4. The summed E-state index contributed by atoms with van der Waals surface area (Å²) in [5, 5.41) is 3.39. The summed E-state index contributed by atoms with van der Waals surface area (Å²) < 4.78 is 36.2. The van der Waals surface area contributed by atoms with Crippen molar-refractivity contribution in [3.8, 4) is 11.5 Å². The number of hydrogen-bond donors (Lipinski definition) is 2. The van der Waals surface area contributed by atoms with Crippen molar-refractivity contribution in [2.75, 3.05) is 23.4 Å². The van der Waals surface area contributed by atoms with Crippen LogP contribution in [0, 0.1) is 0 Å². The summed E-state index contributed by atoms with van der Waals surface area (Å²) in [6.07, 6.45) is 1.05. The van der Waals surface area contributed by atoms with Gasteiger partial charge in [0.15, 0.2) is 0 Å². The van der Waals surface area contributed by atoms with Crippen LogP contribution in [0.15, 0.2) is 66.7 Å². The van der Waals surface area contributed by atoms with Gasteiger partial charge in [0.25, 0.3) is 5.91 Å². The van der Waals surface area contributed by atoms with E-state index in [0.29, 0.717) is 28.6 Å². The number of rotatable bonds is 8. The van der Waals surface area contributed by atoms with E-state index in [1.807, 2.05) is 18.2 Å². The molecule has 7 nitrogen and oxygen atoms in total. The van der Waals surface area contributed by atoms with Gasteiger partial charge >= 0.3 is 0 Å². The number of amides is 1. The van der Waals surface area contributed by atoms with Crippen molar-refractivity contribution < 1.29 is 22.7 Å². The predicted molar refractivity (Wildman–Crippen MR) is 122 cm³/mol. The average molecular weight is 461 g/mol. The fourth-order valence-corrected chi connectivity index (χ4v) is 3.56. The molecule has 162 valence electrons. The zero-order chi connectivity index (χ0) is 22.4. The fourth-order valence-electron chi connectivity index (χ4n) is 2.78. The highest BCUT2D eigenvalue weighted by Crippen LogP contribution is 2.29. The van der Waals surface area contributed by atoms with E-state index < -0.39 is 10.0 Å². The molecule has 0 spiro atoms. The van der Waals surface area contributed by atoms with E-state index in [9.17, 15) is 13.2 Å². The van der Waals surface area contributed by atoms with Gasteiger partial charge in [-0.3, -0.25) is 9.52 Å². The molecule has 1 amide bonds. The zero-order valence-corrected chi connectivity index (χ0v) is 18.5. The first kappa shape index (κ1) is 22.5. The number of hydrogen-bond acceptors (Lipinski definition) is 5. The molecule has 0 aliphatic heterocycles. The summed E-state index contributed by atoms with van der Waals surface area (Å²) >= 11 is 5.98. The number of halogens is 1. The Hall–Kier alpha value is -3.23. The Bertz CT molecular complexity index is 1200. The molecule has 0 bridgehead atoms. The molecule has 0 atom stereocenters. The Labute approximate surface area is 186 Å². The fraction of sp³-hybridized carbons (Fsp3) is 0.136. The number of methoxy groups -OCH3 is 1. The highest BCUT2D eigenvalue weighted by atomic mass is 35.5. The summed E-state index contributed by atoms with van der Waals surface area (Å²) in [6, 6.07) is 18.8. The largest absolute Gasteiger partial charge is 0.494 e. The van der Waals surface area contributed by atoms with Crippen LogP contribution in [0.5, 0.6) is 11.5 Å². The Morgan fingerprint density at radius 2 is 1.81 bits per heavy atom. The van der Waals surface area contributed by atoms with Crippen LogP contribution in [0.1, 0.15) is 15.9 Å². The molecule has 9 heteroatoms. The van der Waals surface area contributed by atoms with Crippen molar-refractivity contribution in [1.29, 1.82) is 0 Å². The third kappa shape index (κ3) is 6.63. The molecule has 0 saturated heterocycles. The lowest BCUT2D eigenvalue weighted by Crippen LogP contribution is -2.13. The van der Waals surface area contributed by atoms with Crippen molar-refractivity contribution in [2.24, 2.45) is 0 Å². The molecule has 0 aliphatic rings. The molecule has 3 rings (SSSR count). The Balaban J connectivity index is 1.69. The molecule has 31 heavy (non-hydrogen) atoms. The van der Waals surface area contributed by atoms with Crippen LogP contribution >= 0.6 is 11.6 Å². The second-order valence-corrected chi connectivity index (χ2v) is 8.87. The minimum Gasteiger partial charge on any atom is -0.494 e. The van der Waals surface area contributed by atoms with Crippen molar-refractivity contribution >= 4 is 38.9 Å². The van der Waals surface area contributed by atoms with Gasteiger partial charge in [-0.25, -0.2) is 8.42 Å². The van der Waals surface area contributed by atoms with E-state index in [-0.39, 0.29) is 17.3 Å². The summed E-state index contributed by atoms with van der Waals surface area (Å²) in [5.74, 6) is 0.471.